The fraction of sp³-hybridized carbons (Fsp3) is 0.427. The summed E-state index contributed by atoms with van der Waals surface area (Å²) in [5.74, 6) is 0.515. The Kier molecular flexibility index (Phi) is 31.9. The van der Waals surface area contributed by atoms with Crippen molar-refractivity contribution in [2.24, 2.45) is 16.3 Å². The van der Waals surface area contributed by atoms with Crippen LogP contribution in [0.5, 0.6) is 0 Å². The molecule has 0 aliphatic heterocycles. The van der Waals surface area contributed by atoms with Crippen molar-refractivity contribution in [2.75, 3.05) is 40.4 Å². The quantitative estimate of drug-likeness (QED) is 0.00662. The minimum atomic E-state index is -1.06. The van der Waals surface area contributed by atoms with Crippen molar-refractivity contribution < 1.29 is 96.1 Å². The van der Waals surface area contributed by atoms with E-state index in [2.05, 4.69) is 107 Å². The molecule has 4 unspecified atom stereocenters. The molecule has 8 atom stereocenters. The minimum Gasteiger partial charge on any atom is -0.478 e. The molecule has 3 aromatic heterocycles. The number of carboxylic acids is 3. The number of carboxylic acid groups (broad SMARTS) is 3. The molecule has 3 amide bonds. The zero-order valence-electron chi connectivity index (χ0n) is 81.4. The smallest absolute Gasteiger partial charge is 0.410 e. The number of methoxy groups -OCH3 is 2. The molecule has 748 valence electrons. The van der Waals surface area contributed by atoms with Crippen LogP contribution in [-0.4, -0.2) is 201 Å². The van der Waals surface area contributed by atoms with E-state index >= 15 is 0 Å². The number of ether oxygens (including phenoxy) is 5. The van der Waals surface area contributed by atoms with Crippen LogP contribution in [0, 0.1) is 5.41 Å². The van der Waals surface area contributed by atoms with Gasteiger partial charge in [0.2, 0.25) is 0 Å². The van der Waals surface area contributed by atoms with Gasteiger partial charge in [0, 0.05) is 102 Å². The Morgan fingerprint density at radius 3 is 0.993 bits per heavy atom. The summed E-state index contributed by atoms with van der Waals surface area (Å²) in [6.07, 6.45) is 14.2. The molecule has 19 rings (SSSR count). The van der Waals surface area contributed by atoms with Crippen molar-refractivity contribution in [1.82, 2.24) is 50.4 Å². The first-order chi connectivity index (χ1) is 67.4. The fourth-order valence-corrected chi connectivity index (χ4v) is 18.9. The van der Waals surface area contributed by atoms with Gasteiger partial charge in [0.25, 0.3) is 17.7 Å². The molecule has 8 fully saturated rings. The molecule has 0 saturated heterocycles. The van der Waals surface area contributed by atoms with Crippen molar-refractivity contribution in [3.63, 3.8) is 0 Å². The van der Waals surface area contributed by atoms with E-state index in [0.29, 0.717) is 83.2 Å². The lowest BCUT2D eigenvalue weighted by Crippen LogP contribution is -2.53. The van der Waals surface area contributed by atoms with Gasteiger partial charge >= 0.3 is 48.1 Å². The van der Waals surface area contributed by atoms with E-state index in [4.69, 9.17) is 48.3 Å². The summed E-state index contributed by atoms with van der Waals surface area (Å²) in [4.78, 5) is 115. The molecule has 11 aromatic rings. The summed E-state index contributed by atoms with van der Waals surface area (Å²) >= 11 is 0. The summed E-state index contributed by atoms with van der Waals surface area (Å²) < 4.78 is 43.3. The number of rotatable bonds is 28. The standard InChI is InChI=1S/C29H33N3O5.C28H31N3O5.C23H23N3O3.C20H29N3O3.C9H8O4.CH4/c1-28(2,3)36-27(34)32(23-17-22(23)19-10-6-5-7-11-19)18-29(14-9-15-29)26-30-24(37-31-26)20-12-8-13-21(16-20)25(33)35-4;1-27(2,3)35-26(34)31(22-16-21(22)18-9-5-4-6-10-18)17-28(13-8-14-28)25-29-23(36-30-25)19-11-7-12-20(15-19)24(32)33;27-21(28)17-9-4-8-16(12-17)20-25-22(26-29-20)23(10-5-11-23)14-24-19-13-18(19)15-6-2-1-3-7-15;1-19(2,3)26-18(24)23(13-20(10-7-11-20)17(21)22-25)16-12-15(16)14-8-5-4-6-9-14;1-13-9(12)7-4-2-3-6(5-7)8(10)11;/h5-8,10-13,16,22-23H,9,14-15,17-18H2,1-4H3;4-7,9-12,15,21-22H,8,13-14,16-17H2,1-3H3,(H,32,33);1-4,6-9,12,18-19,24H,5,10-11,13-14H2,(H,27,28);4-6,8-9,15-16,25H,7,10-13H2,1-3H3,(H2,21,22);2-5H,1H3,(H,10,11);1H4/t22?,23-;21?,22-;18?,19-;15?,16-;;/m0000../s1. The predicted molar refractivity (Wildman–Crippen MR) is 529 cm³/mol. The van der Waals surface area contributed by atoms with Crippen LogP contribution < -0.4 is 11.1 Å². The Morgan fingerprint density at radius 1 is 0.394 bits per heavy atom. The Balaban J connectivity index is 0.000000145. The second-order valence-electron chi connectivity index (χ2n) is 41.0. The highest BCUT2D eigenvalue weighted by Gasteiger charge is 2.56. The molecule has 8 aromatic carbocycles. The van der Waals surface area contributed by atoms with Gasteiger partial charge in [-0.15, -0.1) is 0 Å². The summed E-state index contributed by atoms with van der Waals surface area (Å²) in [6, 6.07) is 67.8. The van der Waals surface area contributed by atoms with Crippen LogP contribution in [0.3, 0.4) is 0 Å². The first-order valence-electron chi connectivity index (χ1n) is 48.1. The van der Waals surface area contributed by atoms with Crippen LogP contribution in [0.15, 0.2) is 237 Å². The highest BCUT2D eigenvalue weighted by molar-refractivity contribution is 5.95. The number of aromatic carboxylic acids is 3. The Labute approximate surface area is 826 Å². The largest absolute Gasteiger partial charge is 0.478 e. The van der Waals surface area contributed by atoms with Crippen LogP contribution in [0.2, 0.25) is 0 Å². The lowest BCUT2D eigenvalue weighted by atomic mass is 9.67. The van der Waals surface area contributed by atoms with Crippen LogP contribution >= 0.6 is 0 Å². The number of hydrogen-bond donors (Lipinski definition) is 6. The zero-order valence-corrected chi connectivity index (χ0v) is 81.4. The maximum atomic E-state index is 13.4. The van der Waals surface area contributed by atoms with Gasteiger partial charge in [-0.05, 0) is 234 Å². The molecular weight excluding hydrogens is 1810 g/mol. The van der Waals surface area contributed by atoms with Crippen molar-refractivity contribution in [1.29, 1.82) is 0 Å². The SMILES string of the molecule is C.CC(C)(C)OC(=O)N(CC1(C(N)=NO)CCC1)[C@H]1CC1c1ccccc1.CC(C)(C)OC(=O)N(CC1(c2noc(-c3cccc(C(=O)O)c3)n2)CCC1)[C@H]1CC1c1ccccc1.COC(=O)c1cccc(-c2nc(C3(CN(C(=O)OC(C)(C)C)[C@H]4CC4c4ccccc4)CCC3)no2)c1.COC(=O)c1cccc(C(=O)O)c1.O=C(O)c1cccc(-c2nc(C3(CN[C@H]4CC4c4ccccc4)CCC3)no2)c1. The first kappa shape index (κ1) is 103. The molecule has 0 spiro atoms. The van der Waals surface area contributed by atoms with Crippen LogP contribution in [0.1, 0.15) is 288 Å². The van der Waals surface area contributed by atoms with Gasteiger partial charge in [-0.2, -0.15) is 15.0 Å². The van der Waals surface area contributed by atoms with E-state index in [1.54, 1.807) is 59.5 Å². The average molecular weight is 1940 g/mol. The number of nitrogens with zero attached hydrogens (tertiary/aromatic N) is 10. The number of oxime groups is 1. The summed E-state index contributed by atoms with van der Waals surface area (Å²) in [7, 11) is 2.59. The normalized spacial score (nSPS) is 20.2. The van der Waals surface area contributed by atoms with Gasteiger partial charge in [0.05, 0.1) is 52.9 Å². The number of aromatic nitrogens is 6. The Bertz CT molecular complexity index is 6270. The highest BCUT2D eigenvalue weighted by Crippen LogP contribution is 2.54. The molecular formula is C110H128N12O20. The topological polar surface area (TPSA) is 441 Å². The third kappa shape index (κ3) is 25.1. The molecule has 0 bridgehead atoms. The van der Waals surface area contributed by atoms with E-state index in [1.807, 2.05) is 133 Å². The fourth-order valence-electron chi connectivity index (χ4n) is 18.9. The molecule has 142 heavy (non-hydrogen) atoms. The lowest BCUT2D eigenvalue weighted by molar-refractivity contribution is 0.0109. The summed E-state index contributed by atoms with van der Waals surface area (Å²) in [6.45, 7) is 19.1. The number of nitrogens with one attached hydrogen (secondary N) is 1. The van der Waals surface area contributed by atoms with Crippen molar-refractivity contribution in [2.45, 2.75) is 253 Å². The molecule has 0 radical (unpaired) electrons. The van der Waals surface area contributed by atoms with Gasteiger partial charge in [-0.3, -0.25) is 0 Å². The third-order valence-corrected chi connectivity index (χ3v) is 27.5. The van der Waals surface area contributed by atoms with Crippen LogP contribution in [0.4, 0.5) is 14.4 Å². The van der Waals surface area contributed by atoms with Crippen molar-refractivity contribution in [3.05, 3.63) is 286 Å². The molecule has 32 nitrogen and oxygen atoms in total. The van der Waals surface area contributed by atoms with Crippen molar-refractivity contribution in [3.8, 4) is 34.4 Å². The number of amidine groups is 1. The number of amides is 3. The average Bonchev–Trinajstić information content (AvgIpc) is 1.56. The second-order valence-corrected chi connectivity index (χ2v) is 41.0. The van der Waals surface area contributed by atoms with Gasteiger partial charge in [0.15, 0.2) is 17.5 Å². The second kappa shape index (κ2) is 43.8. The molecule has 32 heteroatoms. The lowest BCUT2D eigenvalue weighted by Gasteiger charge is -2.44. The highest BCUT2D eigenvalue weighted by atomic mass is 16.6. The van der Waals surface area contributed by atoms with Crippen molar-refractivity contribution >= 4 is 54.0 Å². The van der Waals surface area contributed by atoms with Gasteiger partial charge in [-0.1, -0.05) is 199 Å². The van der Waals surface area contributed by atoms with Gasteiger partial charge < -0.3 is 83.5 Å². The summed E-state index contributed by atoms with van der Waals surface area (Å²) in [5, 5.41) is 56.2. The molecule has 8 saturated carbocycles. The number of carbonyl (C=O) groups excluding carboxylic acids is 5. The minimum absolute atomic E-state index is 0. The maximum Gasteiger partial charge on any atom is 0.410 e. The predicted octanol–water partition coefficient (Wildman–Crippen LogP) is 20.9. The van der Waals surface area contributed by atoms with E-state index in [9.17, 15) is 53.8 Å². The van der Waals surface area contributed by atoms with Crippen LogP contribution in [0.25, 0.3) is 34.4 Å². The maximum absolute atomic E-state index is 13.4. The van der Waals surface area contributed by atoms with E-state index in [1.165, 1.54) is 79.3 Å². The Morgan fingerprint density at radius 2 is 0.690 bits per heavy atom. The number of carbonyl (C=O) groups is 8. The molecule has 3 heterocycles. The monoisotopic (exact) mass is 1940 g/mol. The molecule has 7 N–H and O–H groups in total. The van der Waals surface area contributed by atoms with Gasteiger partial charge in [0.1, 0.15) is 22.6 Å². The van der Waals surface area contributed by atoms with Crippen LogP contribution in [-0.2, 0) is 39.9 Å². The van der Waals surface area contributed by atoms with E-state index in [-0.39, 0.29) is 95.1 Å². The Hall–Kier alpha value is -14.4. The number of nitrogens with two attached hydrogens (primary N) is 1. The zero-order chi connectivity index (χ0) is 100. The molecule has 8 aliphatic carbocycles. The molecule has 8 aliphatic rings. The van der Waals surface area contributed by atoms with E-state index < -0.39 is 62.9 Å². The number of benzene rings is 8. The number of esters is 2. The summed E-state index contributed by atoms with van der Waals surface area (Å²) in [5.41, 5.74) is 10.9. The van der Waals surface area contributed by atoms with E-state index in [0.717, 1.165) is 109 Å². The number of hydrogen-bond acceptors (Lipinski definition) is 25. The van der Waals surface area contributed by atoms with Gasteiger partial charge in [-0.25, -0.2) is 38.4 Å². The third-order valence-electron chi connectivity index (χ3n) is 27.5. The first-order valence-corrected chi connectivity index (χ1v) is 48.1.